The molecule has 1 amide bonds. The predicted octanol–water partition coefficient (Wildman–Crippen LogP) is 2.51. The number of benzene rings is 2. The molecule has 0 bridgehead atoms. The van der Waals surface area contributed by atoms with Crippen molar-refractivity contribution in [3.8, 4) is 11.5 Å². The summed E-state index contributed by atoms with van der Waals surface area (Å²) in [4.78, 5) is 14.3. The summed E-state index contributed by atoms with van der Waals surface area (Å²) in [5.41, 5.74) is 0.848. The lowest BCUT2D eigenvalue weighted by Crippen LogP contribution is -2.34. The smallest absolute Gasteiger partial charge is 0.262 e. The molecular weight excluding hydrogens is 408 g/mol. The fraction of sp³-hybridized carbons (Fsp3) is 0.381. The van der Waals surface area contributed by atoms with Crippen LogP contribution < -0.4 is 14.2 Å². The van der Waals surface area contributed by atoms with Crippen molar-refractivity contribution in [1.82, 2.24) is 4.90 Å². The number of nitrogens with zero attached hydrogens (tertiary/aromatic N) is 1. The Bertz CT molecular complexity index is 1020. The van der Waals surface area contributed by atoms with Crippen LogP contribution in [0.1, 0.15) is 23.2 Å². The van der Waals surface area contributed by atoms with Gasteiger partial charge >= 0.3 is 0 Å². The molecule has 2 aromatic carbocycles. The predicted molar refractivity (Wildman–Crippen MR) is 111 cm³/mol. The summed E-state index contributed by atoms with van der Waals surface area (Å²) < 4.78 is 44.4. The van der Waals surface area contributed by atoms with E-state index in [4.69, 9.17) is 14.2 Å². The van der Waals surface area contributed by atoms with Gasteiger partial charge in [0.25, 0.3) is 15.9 Å². The van der Waals surface area contributed by atoms with E-state index < -0.39 is 10.0 Å². The summed E-state index contributed by atoms with van der Waals surface area (Å²) in [7, 11) is -2.07. The van der Waals surface area contributed by atoms with E-state index in [1.807, 2.05) is 0 Å². The van der Waals surface area contributed by atoms with Crippen LogP contribution in [0.25, 0.3) is 0 Å². The second-order valence-electron chi connectivity index (χ2n) is 7.31. The van der Waals surface area contributed by atoms with Gasteiger partial charge in [-0.25, -0.2) is 8.42 Å². The number of nitrogens with one attached hydrogen (secondary N) is 1. The standard InChI is InChI=1S/C21H24N2O6S/c1-23(14-17-3-2-10-27-17)21(24)15-4-6-16(7-5-15)22-30(25,26)18-8-9-19-20(13-18)29-12-11-28-19/h4-9,13,17,22H,2-3,10-12,14H2,1H3. The zero-order valence-electron chi connectivity index (χ0n) is 16.7. The van der Waals surface area contributed by atoms with Crippen molar-refractivity contribution in [2.75, 3.05) is 38.1 Å². The second kappa shape index (κ2) is 8.53. The molecule has 2 heterocycles. The number of amides is 1. The Morgan fingerprint density at radius 1 is 1.07 bits per heavy atom. The summed E-state index contributed by atoms with van der Waals surface area (Å²) >= 11 is 0. The number of hydrogen-bond acceptors (Lipinski definition) is 6. The van der Waals surface area contributed by atoms with Crippen LogP contribution in [0.15, 0.2) is 47.4 Å². The van der Waals surface area contributed by atoms with Crippen molar-refractivity contribution in [3.63, 3.8) is 0 Å². The number of likely N-dealkylation sites (N-methyl/N-ethyl adjacent to an activating group) is 1. The van der Waals surface area contributed by atoms with Gasteiger partial charge in [0.05, 0.1) is 11.0 Å². The maximum atomic E-state index is 12.7. The maximum Gasteiger partial charge on any atom is 0.262 e. The average Bonchev–Trinajstić information content (AvgIpc) is 3.26. The van der Waals surface area contributed by atoms with Crippen molar-refractivity contribution in [1.29, 1.82) is 0 Å². The Balaban J connectivity index is 1.43. The highest BCUT2D eigenvalue weighted by molar-refractivity contribution is 7.92. The molecule has 2 aromatic rings. The van der Waals surface area contributed by atoms with Gasteiger partial charge in [0, 0.05) is 37.5 Å². The van der Waals surface area contributed by atoms with E-state index in [1.165, 1.54) is 12.1 Å². The van der Waals surface area contributed by atoms with Gasteiger partial charge in [-0.05, 0) is 49.2 Å². The number of carbonyl (C=O) groups excluding carboxylic acids is 1. The largest absolute Gasteiger partial charge is 0.486 e. The molecule has 1 saturated heterocycles. The molecule has 1 fully saturated rings. The fourth-order valence-electron chi connectivity index (χ4n) is 3.48. The minimum absolute atomic E-state index is 0.0724. The Morgan fingerprint density at radius 2 is 1.80 bits per heavy atom. The number of rotatable bonds is 6. The van der Waals surface area contributed by atoms with Gasteiger partial charge in [0.1, 0.15) is 13.2 Å². The number of hydrogen-bond donors (Lipinski definition) is 1. The first-order chi connectivity index (χ1) is 14.4. The zero-order chi connectivity index (χ0) is 21.1. The first-order valence-corrected chi connectivity index (χ1v) is 11.3. The van der Waals surface area contributed by atoms with Crippen molar-refractivity contribution >= 4 is 21.6 Å². The van der Waals surface area contributed by atoms with Crippen molar-refractivity contribution in [2.45, 2.75) is 23.8 Å². The van der Waals surface area contributed by atoms with E-state index in [9.17, 15) is 13.2 Å². The monoisotopic (exact) mass is 432 g/mol. The van der Waals surface area contributed by atoms with Crippen LogP contribution in [0.5, 0.6) is 11.5 Å². The Morgan fingerprint density at radius 3 is 2.50 bits per heavy atom. The lowest BCUT2D eigenvalue weighted by molar-refractivity contribution is 0.0587. The summed E-state index contributed by atoms with van der Waals surface area (Å²) in [6.07, 6.45) is 2.05. The van der Waals surface area contributed by atoms with Gasteiger partial charge in [-0.1, -0.05) is 0 Å². The number of carbonyl (C=O) groups is 1. The highest BCUT2D eigenvalue weighted by Crippen LogP contribution is 2.32. The molecule has 1 unspecified atom stereocenters. The van der Waals surface area contributed by atoms with Crippen molar-refractivity contribution in [3.05, 3.63) is 48.0 Å². The van der Waals surface area contributed by atoms with E-state index in [0.717, 1.165) is 19.4 Å². The topological polar surface area (TPSA) is 94.2 Å². The van der Waals surface area contributed by atoms with E-state index in [1.54, 1.807) is 42.3 Å². The zero-order valence-corrected chi connectivity index (χ0v) is 17.5. The molecule has 0 saturated carbocycles. The highest BCUT2D eigenvalue weighted by Gasteiger charge is 2.22. The molecule has 160 valence electrons. The molecule has 4 rings (SSSR count). The molecule has 1 N–H and O–H groups in total. The maximum absolute atomic E-state index is 12.7. The number of ether oxygens (including phenoxy) is 3. The highest BCUT2D eigenvalue weighted by atomic mass is 32.2. The van der Waals surface area contributed by atoms with E-state index in [-0.39, 0.29) is 16.9 Å². The van der Waals surface area contributed by atoms with Crippen LogP contribution in [-0.2, 0) is 14.8 Å². The van der Waals surface area contributed by atoms with Crippen LogP contribution in [-0.4, -0.2) is 58.7 Å². The van der Waals surface area contributed by atoms with Crippen LogP contribution in [0, 0.1) is 0 Å². The van der Waals surface area contributed by atoms with E-state index in [0.29, 0.717) is 42.5 Å². The molecule has 2 aliphatic rings. The summed E-state index contributed by atoms with van der Waals surface area (Å²) in [6, 6.07) is 10.8. The third kappa shape index (κ3) is 4.52. The van der Waals surface area contributed by atoms with Gasteiger partial charge < -0.3 is 19.1 Å². The van der Waals surface area contributed by atoms with Crippen molar-refractivity contribution in [2.24, 2.45) is 0 Å². The minimum Gasteiger partial charge on any atom is -0.486 e. The molecule has 1 atom stereocenters. The molecule has 2 aliphatic heterocycles. The Hall–Kier alpha value is -2.78. The molecule has 0 radical (unpaired) electrons. The quantitative estimate of drug-likeness (QED) is 0.754. The molecule has 30 heavy (non-hydrogen) atoms. The molecule has 9 heteroatoms. The van der Waals surface area contributed by atoms with E-state index in [2.05, 4.69) is 4.72 Å². The van der Waals surface area contributed by atoms with Crippen molar-refractivity contribution < 1.29 is 27.4 Å². The molecular formula is C21H24N2O6S. The number of anilines is 1. The average molecular weight is 432 g/mol. The number of sulfonamides is 1. The second-order valence-corrected chi connectivity index (χ2v) is 8.99. The lowest BCUT2D eigenvalue weighted by atomic mass is 10.1. The fourth-order valence-corrected chi connectivity index (χ4v) is 4.56. The molecule has 0 aromatic heterocycles. The Labute approximate surface area is 175 Å². The van der Waals surface area contributed by atoms with Gasteiger partial charge in [-0.3, -0.25) is 9.52 Å². The molecule has 8 nitrogen and oxygen atoms in total. The first kappa shape index (κ1) is 20.5. The lowest BCUT2D eigenvalue weighted by Gasteiger charge is -2.21. The van der Waals surface area contributed by atoms with Crippen LogP contribution >= 0.6 is 0 Å². The van der Waals surface area contributed by atoms with Gasteiger partial charge in [0.2, 0.25) is 0 Å². The van der Waals surface area contributed by atoms with Crippen LogP contribution in [0.4, 0.5) is 5.69 Å². The van der Waals surface area contributed by atoms with Gasteiger partial charge in [0.15, 0.2) is 11.5 Å². The summed E-state index contributed by atoms with van der Waals surface area (Å²) in [5.74, 6) is 0.793. The normalized spacial score (nSPS) is 18.1. The van der Waals surface area contributed by atoms with Crippen LogP contribution in [0.3, 0.4) is 0 Å². The van der Waals surface area contributed by atoms with Crippen LogP contribution in [0.2, 0.25) is 0 Å². The molecule has 0 aliphatic carbocycles. The number of fused-ring (bicyclic) bond motifs is 1. The Kier molecular flexibility index (Phi) is 5.83. The third-order valence-electron chi connectivity index (χ3n) is 5.06. The van der Waals surface area contributed by atoms with E-state index >= 15 is 0 Å². The first-order valence-electron chi connectivity index (χ1n) is 9.82. The minimum atomic E-state index is -3.81. The SMILES string of the molecule is CN(CC1CCCO1)C(=O)c1ccc(NS(=O)(=O)c2ccc3c(c2)OCCO3)cc1. The summed E-state index contributed by atoms with van der Waals surface area (Å²) in [6.45, 7) is 2.09. The third-order valence-corrected chi connectivity index (χ3v) is 6.44. The summed E-state index contributed by atoms with van der Waals surface area (Å²) in [5, 5.41) is 0. The molecule has 0 spiro atoms. The van der Waals surface area contributed by atoms with Gasteiger partial charge in [-0.2, -0.15) is 0 Å². The van der Waals surface area contributed by atoms with Gasteiger partial charge in [-0.15, -0.1) is 0 Å².